The van der Waals surface area contributed by atoms with Crippen LogP contribution >= 0.6 is 0 Å². The van der Waals surface area contributed by atoms with E-state index in [4.69, 9.17) is 5.73 Å². The van der Waals surface area contributed by atoms with Crippen LogP contribution in [0.5, 0.6) is 0 Å². The topological polar surface area (TPSA) is 161 Å². The van der Waals surface area contributed by atoms with Crippen molar-refractivity contribution >= 4 is 29.1 Å². The SMILES string of the molecule is CCCCC(CCC(=O)NCC1=C(C(=O)O)C=CC(=O)C1=O)n1c(-c2ccccc2)ncc(N)c1=O. The third kappa shape index (κ3) is 6.01. The highest BCUT2D eigenvalue weighted by Crippen LogP contribution is 2.26. The molecule has 1 aromatic heterocycles. The molecule has 0 saturated carbocycles. The molecule has 10 heteroatoms. The number of allylic oxidation sites excluding steroid dienone is 1. The fraction of sp³-hybridized carbons (Fsp3) is 0.308. The number of carboxylic acids is 1. The zero-order valence-electron chi connectivity index (χ0n) is 19.9. The Labute approximate surface area is 207 Å². The van der Waals surface area contributed by atoms with Gasteiger partial charge in [0.2, 0.25) is 17.5 Å². The van der Waals surface area contributed by atoms with Crippen LogP contribution in [0.15, 0.2) is 64.6 Å². The molecule has 10 nitrogen and oxygen atoms in total. The predicted molar refractivity (Wildman–Crippen MR) is 133 cm³/mol. The van der Waals surface area contributed by atoms with E-state index in [1.165, 1.54) is 10.8 Å². The number of nitrogen functional groups attached to an aromatic ring is 1. The maximum absolute atomic E-state index is 13.1. The molecule has 0 saturated heterocycles. The lowest BCUT2D eigenvalue weighted by molar-refractivity contribution is -0.134. The Balaban J connectivity index is 1.81. The molecule has 0 spiro atoms. The summed E-state index contributed by atoms with van der Waals surface area (Å²) in [6.45, 7) is 1.64. The Morgan fingerprint density at radius 2 is 1.83 bits per heavy atom. The molecule has 2 aromatic rings. The van der Waals surface area contributed by atoms with Gasteiger partial charge in [-0.25, -0.2) is 9.78 Å². The number of carbonyl (C=O) groups is 4. The van der Waals surface area contributed by atoms with Crippen molar-refractivity contribution in [1.82, 2.24) is 14.9 Å². The molecule has 0 bridgehead atoms. The number of aromatic nitrogens is 2. The summed E-state index contributed by atoms with van der Waals surface area (Å²) in [5, 5.41) is 11.8. The van der Waals surface area contributed by atoms with Crippen molar-refractivity contribution in [3.8, 4) is 11.4 Å². The Bertz CT molecular complexity index is 1290. The number of unbranched alkanes of at least 4 members (excludes halogenated alkanes) is 1. The van der Waals surface area contributed by atoms with Crippen molar-refractivity contribution in [2.75, 3.05) is 12.3 Å². The lowest BCUT2D eigenvalue weighted by atomic mass is 9.95. The lowest BCUT2D eigenvalue weighted by Gasteiger charge is -2.23. The minimum absolute atomic E-state index is 0.00213. The Morgan fingerprint density at radius 3 is 2.50 bits per heavy atom. The predicted octanol–water partition coefficient (Wildman–Crippen LogP) is 2.21. The monoisotopic (exact) mass is 492 g/mol. The first kappa shape index (κ1) is 26.3. The van der Waals surface area contributed by atoms with Gasteiger partial charge in [-0.15, -0.1) is 0 Å². The first-order valence-electron chi connectivity index (χ1n) is 11.7. The third-order valence-electron chi connectivity index (χ3n) is 5.93. The number of nitrogens with zero attached hydrogens (tertiary/aromatic N) is 2. The summed E-state index contributed by atoms with van der Waals surface area (Å²) in [7, 11) is 0. The first-order chi connectivity index (χ1) is 17.2. The number of ketones is 2. The van der Waals surface area contributed by atoms with Crippen molar-refractivity contribution < 1.29 is 24.3 Å². The minimum atomic E-state index is -1.36. The van der Waals surface area contributed by atoms with Gasteiger partial charge >= 0.3 is 5.97 Å². The van der Waals surface area contributed by atoms with E-state index >= 15 is 0 Å². The van der Waals surface area contributed by atoms with Crippen molar-refractivity contribution in [2.24, 2.45) is 0 Å². The van der Waals surface area contributed by atoms with E-state index < -0.39 is 23.4 Å². The molecule has 1 aliphatic carbocycles. The van der Waals surface area contributed by atoms with Crippen LogP contribution in [-0.2, 0) is 19.2 Å². The van der Waals surface area contributed by atoms with Crippen LogP contribution in [0.25, 0.3) is 11.4 Å². The standard InChI is InChI=1S/C26H28N4O6/c1-2-3-9-17(30-24(16-7-5-4-6-8-16)29-15-20(27)25(30)34)10-13-22(32)28-14-19-18(26(35)36)11-12-21(31)23(19)33/h4-8,11-12,15,17H,2-3,9-10,13-14,27H2,1H3,(H,28,32)(H,35,36). The number of hydrogen-bond acceptors (Lipinski definition) is 7. The van der Waals surface area contributed by atoms with E-state index in [-0.39, 0.29) is 47.8 Å². The second-order valence-electron chi connectivity index (χ2n) is 8.41. The molecule has 3 rings (SSSR count). The van der Waals surface area contributed by atoms with Crippen LogP contribution in [-0.4, -0.2) is 44.6 Å². The van der Waals surface area contributed by atoms with E-state index in [0.29, 0.717) is 12.2 Å². The maximum atomic E-state index is 13.1. The van der Waals surface area contributed by atoms with Gasteiger partial charge in [0.1, 0.15) is 11.5 Å². The number of amides is 1. The van der Waals surface area contributed by atoms with Crippen LogP contribution in [0.4, 0.5) is 5.69 Å². The largest absolute Gasteiger partial charge is 0.478 e. The molecule has 0 fully saturated rings. The summed E-state index contributed by atoms with van der Waals surface area (Å²) >= 11 is 0. The highest BCUT2D eigenvalue weighted by molar-refractivity contribution is 6.49. The van der Waals surface area contributed by atoms with Crippen molar-refractivity contribution in [3.63, 3.8) is 0 Å². The van der Waals surface area contributed by atoms with Crippen molar-refractivity contribution in [2.45, 2.75) is 45.1 Å². The number of nitrogens with one attached hydrogen (secondary N) is 1. The molecule has 1 heterocycles. The van der Waals surface area contributed by atoms with Crippen LogP contribution < -0.4 is 16.6 Å². The summed E-state index contributed by atoms with van der Waals surface area (Å²) < 4.78 is 1.53. The minimum Gasteiger partial charge on any atom is -0.478 e. The first-order valence-corrected chi connectivity index (χ1v) is 11.7. The highest BCUT2D eigenvalue weighted by atomic mass is 16.4. The van der Waals surface area contributed by atoms with Crippen molar-refractivity contribution in [3.05, 3.63) is 70.2 Å². The van der Waals surface area contributed by atoms with Crippen LogP contribution in [0.1, 0.15) is 45.1 Å². The van der Waals surface area contributed by atoms with Crippen LogP contribution in [0.3, 0.4) is 0 Å². The number of nitrogens with two attached hydrogens (primary N) is 1. The molecule has 0 aliphatic heterocycles. The van der Waals surface area contributed by atoms with Gasteiger partial charge in [0.25, 0.3) is 5.56 Å². The molecular formula is C26H28N4O6. The molecule has 4 N–H and O–H groups in total. The summed E-state index contributed by atoms with van der Waals surface area (Å²) in [6.07, 6.45) is 5.86. The number of hydrogen-bond donors (Lipinski definition) is 3. The summed E-state index contributed by atoms with van der Waals surface area (Å²) in [4.78, 5) is 65.3. The second kappa shape index (κ2) is 11.9. The van der Waals surface area contributed by atoms with Gasteiger partial charge in [0.15, 0.2) is 0 Å². The second-order valence-corrected chi connectivity index (χ2v) is 8.41. The number of carboxylic acid groups (broad SMARTS) is 1. The van der Waals surface area contributed by atoms with Gasteiger partial charge in [-0.05, 0) is 25.0 Å². The van der Waals surface area contributed by atoms with Crippen LogP contribution in [0.2, 0.25) is 0 Å². The molecule has 1 amide bonds. The van der Waals surface area contributed by atoms with Gasteiger partial charge in [0, 0.05) is 30.1 Å². The molecule has 188 valence electrons. The Morgan fingerprint density at radius 1 is 1.11 bits per heavy atom. The summed E-state index contributed by atoms with van der Waals surface area (Å²) in [6, 6.07) is 8.83. The number of rotatable bonds is 11. The Hall–Kier alpha value is -4.34. The number of carbonyl (C=O) groups excluding carboxylic acids is 3. The van der Waals surface area contributed by atoms with Gasteiger partial charge < -0.3 is 16.2 Å². The fourth-order valence-corrected chi connectivity index (χ4v) is 4.02. The van der Waals surface area contributed by atoms with E-state index in [0.717, 1.165) is 30.6 Å². The summed E-state index contributed by atoms with van der Waals surface area (Å²) in [5.41, 5.74) is 5.64. The van der Waals surface area contributed by atoms with Crippen molar-refractivity contribution in [1.29, 1.82) is 0 Å². The molecule has 1 aromatic carbocycles. The van der Waals surface area contributed by atoms with Gasteiger partial charge in [-0.2, -0.15) is 0 Å². The number of aliphatic carboxylic acids is 1. The molecule has 1 aliphatic rings. The average molecular weight is 493 g/mol. The lowest BCUT2D eigenvalue weighted by Crippen LogP contribution is -2.34. The third-order valence-corrected chi connectivity index (χ3v) is 5.93. The maximum Gasteiger partial charge on any atom is 0.336 e. The van der Waals surface area contributed by atoms with E-state index in [2.05, 4.69) is 10.3 Å². The zero-order valence-corrected chi connectivity index (χ0v) is 19.9. The van der Waals surface area contributed by atoms with E-state index in [9.17, 15) is 29.1 Å². The molecule has 1 unspecified atom stereocenters. The van der Waals surface area contributed by atoms with E-state index in [1.54, 1.807) is 0 Å². The molecular weight excluding hydrogens is 464 g/mol. The molecule has 36 heavy (non-hydrogen) atoms. The summed E-state index contributed by atoms with van der Waals surface area (Å²) in [5.74, 6) is -3.16. The fourth-order valence-electron chi connectivity index (χ4n) is 4.02. The number of anilines is 1. The molecule has 1 atom stereocenters. The van der Waals surface area contributed by atoms with Gasteiger partial charge in [-0.1, -0.05) is 50.1 Å². The van der Waals surface area contributed by atoms with Gasteiger partial charge in [-0.3, -0.25) is 23.7 Å². The molecule has 0 radical (unpaired) electrons. The number of benzene rings is 1. The normalized spacial score (nSPS) is 14.1. The number of Topliss-reactive ketones (excluding diaryl/α,β-unsaturated/α-hetero) is 1. The zero-order chi connectivity index (χ0) is 26.2. The van der Waals surface area contributed by atoms with Gasteiger partial charge in [0.05, 0.1) is 11.8 Å². The average Bonchev–Trinajstić information content (AvgIpc) is 2.87. The van der Waals surface area contributed by atoms with E-state index in [1.807, 2.05) is 37.3 Å². The Kier molecular flexibility index (Phi) is 8.66. The quantitative estimate of drug-likeness (QED) is 0.318. The smallest absolute Gasteiger partial charge is 0.336 e. The highest BCUT2D eigenvalue weighted by Gasteiger charge is 2.27. The van der Waals surface area contributed by atoms with Crippen LogP contribution in [0, 0.1) is 0 Å².